The fourth-order valence-electron chi connectivity index (χ4n) is 4.27. The van der Waals surface area contributed by atoms with Gasteiger partial charge in [-0.2, -0.15) is 14.4 Å². The summed E-state index contributed by atoms with van der Waals surface area (Å²) in [5.74, 6) is -1.03. The minimum absolute atomic E-state index is 0.00233. The van der Waals surface area contributed by atoms with Crippen LogP contribution in [0.1, 0.15) is 45.6 Å². The van der Waals surface area contributed by atoms with Crippen molar-refractivity contribution in [3.63, 3.8) is 0 Å². The molecule has 4 rings (SSSR count). The molecule has 1 aromatic carbocycles. The molecule has 1 aromatic heterocycles. The Bertz CT molecular complexity index is 1030. The lowest BCUT2D eigenvalue weighted by Gasteiger charge is -2.42. The fraction of sp³-hybridized carbons (Fsp3) is 0.550. The maximum Gasteiger partial charge on any atom is 0.410 e. The van der Waals surface area contributed by atoms with Crippen LogP contribution in [0.25, 0.3) is 10.9 Å². The SMILES string of the molecule is CC(C)(C)OC(=O)N1C2CCC1CN(c1nc(F)nc3c(F)c(Br)c(C(F)F)cc13)C2. The van der Waals surface area contributed by atoms with E-state index in [1.807, 2.05) is 0 Å². The summed E-state index contributed by atoms with van der Waals surface area (Å²) in [6, 6.07) is 0.664. The van der Waals surface area contributed by atoms with Gasteiger partial charge in [0, 0.05) is 24.0 Å². The van der Waals surface area contributed by atoms with Crippen LogP contribution in [0.4, 0.5) is 28.2 Å². The smallest absolute Gasteiger partial charge is 0.410 e. The number of anilines is 1. The third-order valence-electron chi connectivity index (χ3n) is 5.47. The maximum absolute atomic E-state index is 14.7. The lowest BCUT2D eigenvalue weighted by molar-refractivity contribution is 0.0122. The Morgan fingerprint density at radius 1 is 1.19 bits per heavy atom. The Balaban J connectivity index is 1.72. The molecule has 2 atom stereocenters. The zero-order valence-corrected chi connectivity index (χ0v) is 18.7. The average molecular weight is 505 g/mol. The van der Waals surface area contributed by atoms with Gasteiger partial charge in [0.25, 0.3) is 6.43 Å². The summed E-state index contributed by atoms with van der Waals surface area (Å²) in [5, 5.41) is 0.00233. The second kappa shape index (κ2) is 7.75. The molecule has 2 unspecified atom stereocenters. The van der Waals surface area contributed by atoms with E-state index in [-0.39, 0.29) is 28.8 Å². The number of hydrogen-bond acceptors (Lipinski definition) is 5. The number of fused-ring (bicyclic) bond motifs is 3. The largest absolute Gasteiger partial charge is 0.444 e. The first-order chi connectivity index (χ1) is 14.5. The lowest BCUT2D eigenvalue weighted by Crippen LogP contribution is -2.57. The zero-order chi connectivity index (χ0) is 22.7. The van der Waals surface area contributed by atoms with E-state index in [0.29, 0.717) is 25.9 Å². The van der Waals surface area contributed by atoms with Crippen LogP contribution in [0.5, 0.6) is 0 Å². The number of hydrogen-bond donors (Lipinski definition) is 0. The summed E-state index contributed by atoms with van der Waals surface area (Å²) >= 11 is 2.81. The summed E-state index contributed by atoms with van der Waals surface area (Å²) < 4.78 is 60.8. The highest BCUT2D eigenvalue weighted by molar-refractivity contribution is 9.10. The van der Waals surface area contributed by atoms with E-state index in [9.17, 15) is 22.4 Å². The second-order valence-corrected chi connectivity index (χ2v) is 9.58. The van der Waals surface area contributed by atoms with Gasteiger partial charge in [0.1, 0.15) is 16.9 Å². The van der Waals surface area contributed by atoms with Crippen LogP contribution in [0.2, 0.25) is 0 Å². The monoisotopic (exact) mass is 504 g/mol. The molecule has 168 valence electrons. The van der Waals surface area contributed by atoms with Crippen LogP contribution in [0, 0.1) is 11.9 Å². The molecule has 3 heterocycles. The molecule has 0 aliphatic carbocycles. The van der Waals surface area contributed by atoms with Crippen molar-refractivity contribution < 1.29 is 27.1 Å². The minimum atomic E-state index is -2.94. The highest BCUT2D eigenvalue weighted by Gasteiger charge is 2.45. The molecule has 2 bridgehead atoms. The number of nitrogens with zero attached hydrogens (tertiary/aromatic N) is 4. The molecule has 2 aromatic rings. The van der Waals surface area contributed by atoms with E-state index in [1.165, 1.54) is 0 Å². The van der Waals surface area contributed by atoms with Gasteiger partial charge in [-0.25, -0.2) is 18.0 Å². The summed E-state index contributed by atoms with van der Waals surface area (Å²) in [6.07, 6.45) is -3.08. The highest BCUT2D eigenvalue weighted by atomic mass is 79.9. The first-order valence-electron chi connectivity index (χ1n) is 9.86. The van der Waals surface area contributed by atoms with Crippen molar-refractivity contribution in [2.75, 3.05) is 18.0 Å². The first kappa shape index (κ1) is 22.0. The molecule has 0 spiro atoms. The maximum atomic E-state index is 14.7. The molecule has 0 radical (unpaired) electrons. The quantitative estimate of drug-likeness (QED) is 0.415. The van der Waals surface area contributed by atoms with E-state index in [4.69, 9.17) is 4.74 Å². The molecular weight excluding hydrogens is 484 g/mol. The van der Waals surface area contributed by atoms with Crippen LogP contribution in [0.15, 0.2) is 10.5 Å². The lowest BCUT2D eigenvalue weighted by atomic mass is 10.1. The van der Waals surface area contributed by atoms with Crippen molar-refractivity contribution in [3.05, 3.63) is 28.0 Å². The van der Waals surface area contributed by atoms with E-state index in [0.717, 1.165) is 6.07 Å². The predicted molar refractivity (Wildman–Crippen MR) is 109 cm³/mol. The summed E-state index contributed by atoms with van der Waals surface area (Å²) in [4.78, 5) is 23.3. The number of carbonyl (C=O) groups is 1. The standard InChI is InChI=1S/C20H21BrF4N4O2/c1-20(2,3)31-19(30)29-9-4-5-10(29)8-28(7-9)17-12-6-11(16(23)24)13(21)14(22)15(12)26-18(25)27-17/h6,9-10,16H,4-5,7-8H2,1-3H3. The normalized spacial score (nSPS) is 21.3. The van der Waals surface area contributed by atoms with Gasteiger partial charge in [0.05, 0.1) is 16.6 Å². The van der Waals surface area contributed by atoms with Gasteiger partial charge in [0.15, 0.2) is 5.82 Å². The van der Waals surface area contributed by atoms with Crippen LogP contribution < -0.4 is 4.90 Å². The van der Waals surface area contributed by atoms with Crippen molar-refractivity contribution in [2.24, 2.45) is 0 Å². The Morgan fingerprint density at radius 2 is 1.81 bits per heavy atom. The van der Waals surface area contributed by atoms with E-state index in [2.05, 4.69) is 25.9 Å². The van der Waals surface area contributed by atoms with Crippen LogP contribution in [-0.4, -0.2) is 51.7 Å². The molecule has 0 N–H and O–H groups in total. The Hall–Kier alpha value is -2.17. The van der Waals surface area contributed by atoms with Crippen molar-refractivity contribution in [2.45, 2.75) is 57.7 Å². The van der Waals surface area contributed by atoms with Crippen molar-refractivity contribution >= 4 is 38.7 Å². The zero-order valence-electron chi connectivity index (χ0n) is 17.1. The van der Waals surface area contributed by atoms with Gasteiger partial charge in [-0.15, -0.1) is 0 Å². The third-order valence-corrected chi connectivity index (χ3v) is 6.28. The molecule has 11 heteroatoms. The molecule has 2 saturated heterocycles. The number of halogens is 5. The molecule has 2 aliphatic rings. The van der Waals surface area contributed by atoms with Gasteiger partial charge >= 0.3 is 12.2 Å². The topological polar surface area (TPSA) is 58.6 Å². The van der Waals surface area contributed by atoms with E-state index >= 15 is 0 Å². The summed E-state index contributed by atoms with van der Waals surface area (Å²) in [6.45, 7) is 5.94. The number of rotatable bonds is 2. The second-order valence-electron chi connectivity index (χ2n) is 8.78. The third kappa shape index (κ3) is 4.04. The molecule has 0 saturated carbocycles. The van der Waals surface area contributed by atoms with Crippen LogP contribution in [-0.2, 0) is 4.74 Å². The number of alkyl halides is 2. The predicted octanol–water partition coefficient (Wildman–Crippen LogP) is 5.20. The Kier molecular flexibility index (Phi) is 5.51. The Morgan fingerprint density at radius 3 is 2.35 bits per heavy atom. The molecule has 6 nitrogen and oxygen atoms in total. The number of piperazine rings is 1. The molecule has 2 fully saturated rings. The minimum Gasteiger partial charge on any atom is -0.444 e. The van der Waals surface area contributed by atoms with Crippen molar-refractivity contribution in [1.29, 1.82) is 0 Å². The highest BCUT2D eigenvalue weighted by Crippen LogP contribution is 2.39. The summed E-state index contributed by atoms with van der Waals surface area (Å²) in [5.41, 5.74) is -1.58. The van der Waals surface area contributed by atoms with Gasteiger partial charge < -0.3 is 9.64 Å². The van der Waals surface area contributed by atoms with Crippen LogP contribution in [0.3, 0.4) is 0 Å². The van der Waals surface area contributed by atoms with Crippen LogP contribution >= 0.6 is 15.9 Å². The fourth-order valence-corrected chi connectivity index (χ4v) is 4.74. The number of aromatic nitrogens is 2. The van der Waals surface area contributed by atoms with Crippen molar-refractivity contribution in [3.8, 4) is 0 Å². The van der Waals surface area contributed by atoms with Gasteiger partial charge in [0.2, 0.25) is 0 Å². The molecule has 2 aliphatic heterocycles. The Labute approximate surface area is 184 Å². The number of carbonyl (C=O) groups excluding carboxylic acids is 1. The molecule has 31 heavy (non-hydrogen) atoms. The van der Waals surface area contributed by atoms with E-state index < -0.39 is 40.1 Å². The van der Waals surface area contributed by atoms with Crippen molar-refractivity contribution in [1.82, 2.24) is 14.9 Å². The molecule has 1 amide bonds. The first-order valence-corrected chi connectivity index (χ1v) is 10.6. The van der Waals surface area contributed by atoms with E-state index in [1.54, 1.807) is 30.6 Å². The molecular formula is C20H21BrF4N4O2. The average Bonchev–Trinajstić information content (AvgIpc) is 2.93. The number of benzene rings is 1. The van der Waals surface area contributed by atoms with Gasteiger partial charge in [-0.05, 0) is 55.6 Å². The number of ether oxygens (including phenoxy) is 1. The number of amides is 1. The van der Waals surface area contributed by atoms with Gasteiger partial charge in [-0.3, -0.25) is 4.90 Å². The summed E-state index contributed by atoms with van der Waals surface area (Å²) in [7, 11) is 0. The van der Waals surface area contributed by atoms with Gasteiger partial charge in [-0.1, -0.05) is 0 Å².